The van der Waals surface area contributed by atoms with Gasteiger partial charge in [-0.2, -0.15) is 0 Å². The molecule has 0 radical (unpaired) electrons. The van der Waals surface area contributed by atoms with Crippen molar-refractivity contribution in [3.63, 3.8) is 0 Å². The average Bonchev–Trinajstić information content (AvgIpc) is 2.69. The molecule has 1 aliphatic heterocycles. The van der Waals surface area contributed by atoms with Crippen LogP contribution < -0.4 is 10.4 Å². The largest absolute Gasteiger partial charge is 0.483 e. The molecule has 7 heteroatoms. The third-order valence-corrected chi connectivity index (χ3v) is 6.73. The maximum Gasteiger partial charge on any atom is 0.351 e. The number of aliphatic hydroxyl groups excluding tert-OH is 1. The van der Waals surface area contributed by atoms with E-state index in [4.69, 9.17) is 9.15 Å². The van der Waals surface area contributed by atoms with E-state index in [1.165, 1.54) is 6.07 Å². The standard InChI is InChI=1S/C22H25NO6/c1-4-21(2,27)13-8-14-19(25)18-16(29-22(14,3)17(24)9-13)10-15(28-20(18)26)12-6-5-7-23-11-12/h5-7,10-11,13-14,17,24,27H,4,8-9H2,1-3H3/t13-,14+,17-,21+,22-/m1/s1. The average molecular weight is 399 g/mol. The topological polar surface area (TPSA) is 110 Å². The molecule has 2 aromatic heterocycles. The number of hydrogen-bond donors (Lipinski definition) is 2. The molecule has 2 aliphatic rings. The number of ether oxygens (including phenoxy) is 1. The molecule has 0 saturated heterocycles. The van der Waals surface area contributed by atoms with Gasteiger partial charge in [-0.15, -0.1) is 0 Å². The van der Waals surface area contributed by atoms with Gasteiger partial charge in [0, 0.05) is 24.0 Å². The van der Waals surface area contributed by atoms with Crippen LogP contribution in [0, 0.1) is 11.8 Å². The van der Waals surface area contributed by atoms with E-state index in [0.717, 1.165) is 0 Å². The highest BCUT2D eigenvalue weighted by Gasteiger charge is 2.57. The Kier molecular flexibility index (Phi) is 4.63. The van der Waals surface area contributed by atoms with E-state index >= 15 is 0 Å². The zero-order chi connectivity index (χ0) is 21.0. The highest BCUT2D eigenvalue weighted by molar-refractivity contribution is 6.02. The summed E-state index contributed by atoms with van der Waals surface area (Å²) in [5.41, 5.74) is -2.52. The highest BCUT2D eigenvalue weighted by Crippen LogP contribution is 2.49. The zero-order valence-electron chi connectivity index (χ0n) is 16.7. The summed E-state index contributed by atoms with van der Waals surface area (Å²) in [5.74, 6) is -1.07. The van der Waals surface area contributed by atoms with E-state index in [0.29, 0.717) is 24.8 Å². The summed E-state index contributed by atoms with van der Waals surface area (Å²) in [7, 11) is 0. The minimum atomic E-state index is -1.18. The fraction of sp³-hybridized carbons (Fsp3) is 0.500. The molecule has 4 rings (SSSR count). The normalized spacial score (nSPS) is 30.7. The van der Waals surface area contributed by atoms with E-state index in [9.17, 15) is 19.8 Å². The van der Waals surface area contributed by atoms with Crippen LogP contribution >= 0.6 is 0 Å². The van der Waals surface area contributed by atoms with Gasteiger partial charge in [0.1, 0.15) is 22.7 Å². The second-order valence-electron chi connectivity index (χ2n) is 8.48. The molecule has 2 N–H and O–H groups in total. The van der Waals surface area contributed by atoms with Crippen molar-refractivity contribution in [2.24, 2.45) is 11.8 Å². The minimum Gasteiger partial charge on any atom is -0.483 e. The van der Waals surface area contributed by atoms with Crippen LogP contribution in [0.2, 0.25) is 0 Å². The van der Waals surface area contributed by atoms with Crippen molar-refractivity contribution < 1.29 is 24.2 Å². The first kappa shape index (κ1) is 19.8. The highest BCUT2D eigenvalue weighted by atomic mass is 16.5. The van der Waals surface area contributed by atoms with Gasteiger partial charge < -0.3 is 19.4 Å². The van der Waals surface area contributed by atoms with Gasteiger partial charge in [-0.3, -0.25) is 9.78 Å². The lowest BCUT2D eigenvalue weighted by molar-refractivity contribution is -0.142. The van der Waals surface area contributed by atoms with Gasteiger partial charge in [0.25, 0.3) is 0 Å². The molecule has 0 bridgehead atoms. The second-order valence-corrected chi connectivity index (χ2v) is 8.48. The number of fused-ring (bicyclic) bond motifs is 2. The third-order valence-electron chi connectivity index (χ3n) is 6.73. The Morgan fingerprint density at radius 2 is 2.10 bits per heavy atom. The molecule has 29 heavy (non-hydrogen) atoms. The van der Waals surface area contributed by atoms with Gasteiger partial charge in [0.2, 0.25) is 0 Å². The molecular weight excluding hydrogens is 374 g/mol. The van der Waals surface area contributed by atoms with Gasteiger partial charge in [-0.25, -0.2) is 4.79 Å². The lowest BCUT2D eigenvalue weighted by Gasteiger charge is -2.51. The minimum absolute atomic E-state index is 0.114. The molecule has 0 spiro atoms. The number of aliphatic hydroxyl groups is 2. The Balaban J connectivity index is 1.78. The maximum absolute atomic E-state index is 13.3. The van der Waals surface area contributed by atoms with Crippen molar-refractivity contribution in [1.29, 1.82) is 0 Å². The summed E-state index contributed by atoms with van der Waals surface area (Å²) in [5, 5.41) is 21.6. The Hall–Kier alpha value is -2.51. The molecule has 0 aromatic carbocycles. The van der Waals surface area contributed by atoms with Gasteiger partial charge in [0.05, 0.1) is 17.6 Å². The van der Waals surface area contributed by atoms with E-state index in [1.54, 1.807) is 38.4 Å². The summed E-state index contributed by atoms with van der Waals surface area (Å²) in [4.78, 5) is 30.0. The molecule has 0 unspecified atom stereocenters. The van der Waals surface area contributed by atoms with Crippen LogP contribution in [0.4, 0.5) is 0 Å². The van der Waals surface area contributed by atoms with Gasteiger partial charge in [0.15, 0.2) is 5.78 Å². The first-order chi connectivity index (χ1) is 13.7. The van der Waals surface area contributed by atoms with Crippen LogP contribution in [-0.4, -0.2) is 38.3 Å². The molecule has 1 aliphatic carbocycles. The van der Waals surface area contributed by atoms with E-state index < -0.39 is 34.6 Å². The van der Waals surface area contributed by atoms with Crippen molar-refractivity contribution >= 4 is 5.78 Å². The Morgan fingerprint density at radius 1 is 1.34 bits per heavy atom. The molecule has 154 valence electrons. The predicted octanol–water partition coefficient (Wildman–Crippen LogP) is 2.58. The summed E-state index contributed by atoms with van der Waals surface area (Å²) in [6, 6.07) is 4.95. The second kappa shape index (κ2) is 6.78. The molecule has 1 fully saturated rings. The molecule has 1 saturated carbocycles. The fourth-order valence-corrected chi connectivity index (χ4v) is 4.49. The van der Waals surface area contributed by atoms with Crippen molar-refractivity contribution in [2.45, 2.75) is 57.3 Å². The van der Waals surface area contributed by atoms with Crippen molar-refractivity contribution in [1.82, 2.24) is 4.98 Å². The van der Waals surface area contributed by atoms with Crippen LogP contribution in [0.25, 0.3) is 11.3 Å². The van der Waals surface area contributed by atoms with Crippen LogP contribution in [-0.2, 0) is 0 Å². The van der Waals surface area contributed by atoms with Crippen molar-refractivity contribution in [2.75, 3.05) is 0 Å². The number of nitrogens with zero attached hydrogens (tertiary/aromatic N) is 1. The number of carbonyl (C=O) groups excluding carboxylic acids is 1. The van der Waals surface area contributed by atoms with Crippen molar-refractivity contribution in [3.8, 4) is 17.1 Å². The summed E-state index contributed by atoms with van der Waals surface area (Å²) in [6.07, 6.45) is 3.33. The van der Waals surface area contributed by atoms with Crippen LogP contribution in [0.1, 0.15) is 50.4 Å². The number of rotatable bonds is 3. The SMILES string of the molecule is CC[C@](C)(O)[C@H]1C[C@@H](O)[C@]2(C)Oc3cc(-c4cccnc4)oc(=O)c3C(=O)[C@@H]2C1. The third kappa shape index (κ3) is 3.09. The van der Waals surface area contributed by atoms with Gasteiger partial charge in [-0.1, -0.05) is 6.92 Å². The Labute approximate surface area is 168 Å². The first-order valence-corrected chi connectivity index (χ1v) is 9.89. The van der Waals surface area contributed by atoms with E-state index in [-0.39, 0.29) is 23.0 Å². The van der Waals surface area contributed by atoms with E-state index in [2.05, 4.69) is 4.98 Å². The van der Waals surface area contributed by atoms with Crippen LogP contribution in [0.15, 0.2) is 39.8 Å². The summed E-state index contributed by atoms with van der Waals surface area (Å²) in [6.45, 7) is 5.27. The van der Waals surface area contributed by atoms with Crippen molar-refractivity contribution in [3.05, 3.63) is 46.6 Å². The van der Waals surface area contributed by atoms with Gasteiger partial charge >= 0.3 is 5.63 Å². The lowest BCUT2D eigenvalue weighted by Crippen LogP contribution is -2.62. The molecule has 3 heterocycles. The predicted molar refractivity (Wildman–Crippen MR) is 105 cm³/mol. The fourth-order valence-electron chi connectivity index (χ4n) is 4.49. The molecule has 2 aromatic rings. The number of carbonyl (C=O) groups is 1. The molecule has 0 amide bonds. The number of Topliss-reactive ketones (excluding diaryl/α,β-unsaturated/α-hetero) is 1. The number of hydrogen-bond acceptors (Lipinski definition) is 7. The number of aromatic nitrogens is 1. The zero-order valence-corrected chi connectivity index (χ0v) is 16.7. The maximum atomic E-state index is 13.3. The molecular formula is C22H25NO6. The first-order valence-electron chi connectivity index (χ1n) is 9.89. The number of ketones is 1. The monoisotopic (exact) mass is 399 g/mol. The Bertz CT molecular complexity index is 998. The van der Waals surface area contributed by atoms with Crippen LogP contribution in [0.3, 0.4) is 0 Å². The Morgan fingerprint density at radius 3 is 2.76 bits per heavy atom. The summed E-state index contributed by atoms with van der Waals surface area (Å²) < 4.78 is 11.5. The number of pyridine rings is 1. The lowest BCUT2D eigenvalue weighted by atomic mass is 9.62. The van der Waals surface area contributed by atoms with Crippen LogP contribution in [0.5, 0.6) is 5.75 Å². The summed E-state index contributed by atoms with van der Waals surface area (Å²) >= 11 is 0. The smallest absolute Gasteiger partial charge is 0.351 e. The molecule has 5 atom stereocenters. The van der Waals surface area contributed by atoms with E-state index in [1.807, 2.05) is 6.92 Å². The quantitative estimate of drug-likeness (QED) is 0.816. The van der Waals surface area contributed by atoms with Gasteiger partial charge in [-0.05, 0) is 51.2 Å². The molecule has 7 nitrogen and oxygen atoms in total.